The zero-order chi connectivity index (χ0) is 23.4. The number of halogens is 2. The Kier molecular flexibility index (Phi) is 6.65. The molecule has 0 spiro atoms. The van der Waals surface area contributed by atoms with Gasteiger partial charge in [-0.15, -0.1) is 0 Å². The SMILES string of the molecule is COc1cc(OC)c(NC(=O)NCCn2c(-c3ccc(F)cc3)nc3ccccc32)cc1Cl. The highest BCUT2D eigenvalue weighted by Gasteiger charge is 2.14. The fourth-order valence-corrected chi connectivity index (χ4v) is 3.77. The maximum absolute atomic E-state index is 13.4. The van der Waals surface area contributed by atoms with Crippen LogP contribution in [-0.2, 0) is 6.54 Å². The standard InChI is InChI=1S/C24H22ClFN4O3/c1-32-21-14-22(33-2)19(13-17(21)25)29-24(31)27-11-12-30-20-6-4-3-5-18(20)28-23(30)15-7-9-16(26)10-8-15/h3-10,13-14H,11-12H2,1-2H3,(H2,27,29,31). The number of carbonyl (C=O) groups is 1. The zero-order valence-electron chi connectivity index (χ0n) is 18.1. The second kappa shape index (κ2) is 9.79. The molecule has 33 heavy (non-hydrogen) atoms. The molecular weight excluding hydrogens is 447 g/mol. The highest BCUT2D eigenvalue weighted by Crippen LogP contribution is 2.35. The number of hydrogen-bond donors (Lipinski definition) is 2. The summed E-state index contributed by atoms with van der Waals surface area (Å²) >= 11 is 6.17. The van der Waals surface area contributed by atoms with E-state index in [9.17, 15) is 9.18 Å². The Labute approximate surface area is 195 Å². The van der Waals surface area contributed by atoms with Crippen LogP contribution in [0.3, 0.4) is 0 Å². The minimum atomic E-state index is -0.415. The van der Waals surface area contributed by atoms with Crippen LogP contribution in [0.1, 0.15) is 0 Å². The van der Waals surface area contributed by atoms with Crippen LogP contribution in [-0.4, -0.2) is 36.3 Å². The number of hydrogen-bond acceptors (Lipinski definition) is 4. The van der Waals surface area contributed by atoms with Crippen LogP contribution in [0.5, 0.6) is 11.5 Å². The van der Waals surface area contributed by atoms with E-state index < -0.39 is 6.03 Å². The van der Waals surface area contributed by atoms with Gasteiger partial charge in [-0.1, -0.05) is 23.7 Å². The lowest BCUT2D eigenvalue weighted by Gasteiger charge is -2.14. The Hall–Kier alpha value is -3.78. The topological polar surface area (TPSA) is 77.4 Å². The Balaban J connectivity index is 1.49. The molecule has 0 saturated heterocycles. The van der Waals surface area contributed by atoms with Gasteiger partial charge in [0.25, 0.3) is 0 Å². The van der Waals surface area contributed by atoms with E-state index in [1.54, 1.807) is 24.3 Å². The summed E-state index contributed by atoms with van der Waals surface area (Å²) in [6.45, 7) is 0.785. The van der Waals surface area contributed by atoms with E-state index in [1.807, 2.05) is 28.8 Å². The molecule has 7 nitrogen and oxygen atoms in total. The van der Waals surface area contributed by atoms with Crippen molar-refractivity contribution in [2.45, 2.75) is 6.54 Å². The third-order valence-corrected chi connectivity index (χ3v) is 5.40. The second-order valence-corrected chi connectivity index (χ2v) is 7.56. The minimum absolute atomic E-state index is 0.311. The predicted octanol–water partition coefficient (Wildman–Crippen LogP) is 5.33. The van der Waals surface area contributed by atoms with Crippen LogP contribution in [0, 0.1) is 5.82 Å². The number of imidazole rings is 1. The highest BCUT2D eigenvalue weighted by molar-refractivity contribution is 6.32. The number of benzene rings is 3. The number of ether oxygens (including phenoxy) is 2. The summed E-state index contributed by atoms with van der Waals surface area (Å²) in [7, 11) is 2.99. The van der Waals surface area contributed by atoms with Crippen molar-refractivity contribution >= 4 is 34.4 Å². The molecule has 0 atom stereocenters. The predicted molar refractivity (Wildman–Crippen MR) is 127 cm³/mol. The summed E-state index contributed by atoms with van der Waals surface area (Å²) in [5.41, 5.74) is 2.94. The number of carbonyl (C=O) groups excluding carboxylic acids is 1. The summed E-state index contributed by atoms with van der Waals surface area (Å²) < 4.78 is 25.9. The maximum Gasteiger partial charge on any atom is 0.319 e. The average molecular weight is 469 g/mol. The molecule has 2 amide bonds. The molecule has 0 aliphatic rings. The lowest BCUT2D eigenvalue weighted by Crippen LogP contribution is -2.31. The van der Waals surface area contributed by atoms with Crippen LogP contribution in [0.4, 0.5) is 14.9 Å². The van der Waals surface area contributed by atoms with E-state index in [0.29, 0.717) is 41.1 Å². The van der Waals surface area contributed by atoms with Gasteiger partial charge in [-0.2, -0.15) is 0 Å². The van der Waals surface area contributed by atoms with Crippen molar-refractivity contribution in [1.82, 2.24) is 14.9 Å². The lowest BCUT2D eigenvalue weighted by atomic mass is 10.2. The van der Waals surface area contributed by atoms with Gasteiger partial charge < -0.3 is 24.7 Å². The van der Waals surface area contributed by atoms with Crippen molar-refractivity contribution in [3.8, 4) is 22.9 Å². The van der Waals surface area contributed by atoms with Gasteiger partial charge in [0.1, 0.15) is 23.1 Å². The number of anilines is 1. The highest BCUT2D eigenvalue weighted by atomic mass is 35.5. The van der Waals surface area contributed by atoms with Crippen molar-refractivity contribution in [1.29, 1.82) is 0 Å². The first-order valence-corrected chi connectivity index (χ1v) is 10.6. The maximum atomic E-state index is 13.4. The third-order valence-electron chi connectivity index (χ3n) is 5.10. The van der Waals surface area contributed by atoms with Gasteiger partial charge in [0, 0.05) is 24.7 Å². The fraction of sp³-hybridized carbons (Fsp3) is 0.167. The first kappa shape index (κ1) is 22.4. The molecule has 0 aliphatic heterocycles. The largest absolute Gasteiger partial charge is 0.495 e. The summed E-state index contributed by atoms with van der Waals surface area (Å²) in [4.78, 5) is 17.2. The molecule has 0 unspecified atom stereocenters. The van der Waals surface area contributed by atoms with Crippen molar-refractivity contribution in [3.63, 3.8) is 0 Å². The molecule has 4 rings (SSSR count). The van der Waals surface area contributed by atoms with Crippen LogP contribution in [0.15, 0.2) is 60.7 Å². The van der Waals surface area contributed by atoms with Gasteiger partial charge in [0.05, 0.1) is 36.0 Å². The Morgan fingerprint density at radius 1 is 1.06 bits per heavy atom. The first-order chi connectivity index (χ1) is 16.0. The second-order valence-electron chi connectivity index (χ2n) is 7.15. The molecule has 0 radical (unpaired) electrons. The average Bonchev–Trinajstić information content (AvgIpc) is 3.18. The number of nitrogens with zero attached hydrogens (tertiary/aromatic N) is 2. The normalized spacial score (nSPS) is 10.8. The smallest absolute Gasteiger partial charge is 0.319 e. The van der Waals surface area contributed by atoms with E-state index in [0.717, 1.165) is 16.6 Å². The monoisotopic (exact) mass is 468 g/mol. The summed E-state index contributed by atoms with van der Waals surface area (Å²) in [6, 6.07) is 16.6. The molecule has 0 fully saturated rings. The Morgan fingerprint density at radius 2 is 1.79 bits per heavy atom. The Morgan fingerprint density at radius 3 is 2.52 bits per heavy atom. The van der Waals surface area contributed by atoms with E-state index in [1.165, 1.54) is 26.4 Å². The molecule has 0 aliphatic carbocycles. The zero-order valence-corrected chi connectivity index (χ0v) is 18.8. The molecule has 1 heterocycles. The van der Waals surface area contributed by atoms with Crippen LogP contribution in [0.2, 0.25) is 5.02 Å². The number of aromatic nitrogens is 2. The van der Waals surface area contributed by atoms with E-state index in [2.05, 4.69) is 10.6 Å². The lowest BCUT2D eigenvalue weighted by molar-refractivity contribution is 0.251. The number of urea groups is 1. The van der Waals surface area contributed by atoms with Crippen LogP contribution in [0.25, 0.3) is 22.4 Å². The number of fused-ring (bicyclic) bond motifs is 1. The number of nitrogens with one attached hydrogen (secondary N) is 2. The molecule has 0 saturated carbocycles. The number of para-hydroxylation sites is 2. The van der Waals surface area contributed by atoms with Gasteiger partial charge in [-0.3, -0.25) is 0 Å². The molecular formula is C24H22ClFN4O3. The summed E-state index contributed by atoms with van der Waals surface area (Å²) in [5, 5.41) is 5.92. The summed E-state index contributed by atoms with van der Waals surface area (Å²) in [6.07, 6.45) is 0. The van der Waals surface area contributed by atoms with Gasteiger partial charge in [-0.25, -0.2) is 14.2 Å². The molecule has 2 N–H and O–H groups in total. The van der Waals surface area contributed by atoms with Gasteiger partial charge in [-0.05, 0) is 42.5 Å². The van der Waals surface area contributed by atoms with E-state index >= 15 is 0 Å². The van der Waals surface area contributed by atoms with Crippen molar-refractivity contribution < 1.29 is 18.7 Å². The van der Waals surface area contributed by atoms with Crippen molar-refractivity contribution in [2.75, 3.05) is 26.1 Å². The summed E-state index contributed by atoms with van der Waals surface area (Å²) in [5.74, 6) is 1.25. The molecule has 0 bridgehead atoms. The molecule has 9 heteroatoms. The third kappa shape index (κ3) is 4.85. The number of methoxy groups -OCH3 is 2. The molecule has 1 aromatic heterocycles. The Bertz CT molecular complexity index is 1290. The number of rotatable bonds is 7. The van der Waals surface area contributed by atoms with Gasteiger partial charge in [0.15, 0.2) is 0 Å². The minimum Gasteiger partial charge on any atom is -0.495 e. The van der Waals surface area contributed by atoms with Crippen LogP contribution < -0.4 is 20.1 Å². The molecule has 4 aromatic rings. The first-order valence-electron chi connectivity index (χ1n) is 10.2. The van der Waals surface area contributed by atoms with Gasteiger partial charge >= 0.3 is 6.03 Å². The van der Waals surface area contributed by atoms with E-state index in [4.69, 9.17) is 26.1 Å². The van der Waals surface area contributed by atoms with Crippen LogP contribution >= 0.6 is 11.6 Å². The van der Waals surface area contributed by atoms with Crippen molar-refractivity contribution in [3.05, 3.63) is 71.5 Å². The van der Waals surface area contributed by atoms with Crippen molar-refractivity contribution in [2.24, 2.45) is 0 Å². The number of amides is 2. The molecule has 170 valence electrons. The fourth-order valence-electron chi connectivity index (χ4n) is 3.53. The van der Waals surface area contributed by atoms with E-state index in [-0.39, 0.29) is 5.82 Å². The molecule has 3 aromatic carbocycles. The quantitative estimate of drug-likeness (QED) is 0.384. The van der Waals surface area contributed by atoms with Gasteiger partial charge in [0.2, 0.25) is 0 Å².